The number of hydrogen-bond acceptors (Lipinski definition) is 5. The quantitative estimate of drug-likeness (QED) is 0.601. The van der Waals surface area contributed by atoms with Crippen molar-refractivity contribution in [1.82, 2.24) is 19.9 Å². The van der Waals surface area contributed by atoms with Gasteiger partial charge in [-0.25, -0.2) is 9.97 Å². The third-order valence-electron chi connectivity index (χ3n) is 5.15. The molecule has 0 spiro atoms. The molecule has 0 saturated carbocycles. The molecule has 8 nitrogen and oxygen atoms in total. The highest BCUT2D eigenvalue weighted by atomic mass is 35.5. The summed E-state index contributed by atoms with van der Waals surface area (Å²) in [5, 5.41) is 12.8. The number of carbonyl (C=O) groups excluding carboxylic acids is 1. The molecule has 0 radical (unpaired) electrons. The highest BCUT2D eigenvalue weighted by Gasteiger charge is 2.29. The summed E-state index contributed by atoms with van der Waals surface area (Å²) in [6.07, 6.45) is 7.12. The number of pyridine rings is 1. The molecule has 10 heteroatoms. The molecule has 0 aliphatic carbocycles. The van der Waals surface area contributed by atoms with Gasteiger partial charge in [0.05, 0.1) is 27.6 Å². The third kappa shape index (κ3) is 4.06. The standard InChI is InChI=1S/C20H19Cl2N5O3/c21-14-4-3-13-15(26-7-5-23-11-26)9-16(25-20(13)19(14)22)27-6-1-2-12(27)8-17(28)24-10-18(29)30/h3-5,7,9,11-12H,1-2,6,8,10H2,(H,24,28)(H,29,30). The predicted octanol–water partition coefficient (Wildman–Crippen LogP) is 3.29. The molecule has 4 rings (SSSR count). The largest absolute Gasteiger partial charge is 0.480 e. The second kappa shape index (κ2) is 8.49. The van der Waals surface area contributed by atoms with Crippen LogP contribution in [0.5, 0.6) is 0 Å². The zero-order valence-corrected chi connectivity index (χ0v) is 17.4. The number of carboxylic acid groups (broad SMARTS) is 1. The van der Waals surface area contributed by atoms with Crippen molar-refractivity contribution < 1.29 is 14.7 Å². The topological polar surface area (TPSA) is 100 Å². The lowest BCUT2D eigenvalue weighted by Gasteiger charge is -2.26. The average Bonchev–Trinajstić information content (AvgIpc) is 3.41. The Hall–Kier alpha value is -2.84. The lowest BCUT2D eigenvalue weighted by atomic mass is 10.1. The first-order chi connectivity index (χ1) is 14.4. The van der Waals surface area contributed by atoms with E-state index in [2.05, 4.69) is 15.2 Å². The van der Waals surface area contributed by atoms with Crippen LogP contribution in [0.15, 0.2) is 36.9 Å². The van der Waals surface area contributed by atoms with Gasteiger partial charge in [-0.15, -0.1) is 0 Å². The summed E-state index contributed by atoms with van der Waals surface area (Å²) >= 11 is 12.7. The number of aromatic nitrogens is 3. The van der Waals surface area contributed by atoms with Gasteiger partial charge in [-0.05, 0) is 25.0 Å². The summed E-state index contributed by atoms with van der Waals surface area (Å²) in [4.78, 5) is 33.8. The Morgan fingerprint density at radius 1 is 1.30 bits per heavy atom. The van der Waals surface area contributed by atoms with Crippen LogP contribution in [0, 0.1) is 0 Å². The Morgan fingerprint density at radius 3 is 2.87 bits per heavy atom. The van der Waals surface area contributed by atoms with Crippen molar-refractivity contribution in [2.45, 2.75) is 25.3 Å². The number of anilines is 1. The fraction of sp³-hybridized carbons (Fsp3) is 0.300. The second-order valence-electron chi connectivity index (χ2n) is 7.09. The number of fused-ring (bicyclic) bond motifs is 1. The minimum Gasteiger partial charge on any atom is -0.480 e. The van der Waals surface area contributed by atoms with Crippen LogP contribution in [0.1, 0.15) is 19.3 Å². The van der Waals surface area contributed by atoms with Crippen LogP contribution in [0.2, 0.25) is 10.0 Å². The van der Waals surface area contributed by atoms with E-state index in [1.807, 2.05) is 22.9 Å². The van der Waals surface area contributed by atoms with Gasteiger partial charge in [0.1, 0.15) is 12.4 Å². The Bertz CT molecular complexity index is 1100. The number of benzene rings is 1. The minimum atomic E-state index is -1.07. The van der Waals surface area contributed by atoms with E-state index in [0.29, 0.717) is 21.4 Å². The fourth-order valence-corrected chi connectivity index (χ4v) is 4.13. The Labute approximate surface area is 182 Å². The van der Waals surface area contributed by atoms with Gasteiger partial charge >= 0.3 is 5.97 Å². The van der Waals surface area contributed by atoms with Crippen molar-refractivity contribution in [3.05, 3.63) is 47.0 Å². The molecular formula is C20H19Cl2N5O3. The summed E-state index contributed by atoms with van der Waals surface area (Å²) < 4.78 is 1.88. The zero-order chi connectivity index (χ0) is 21.3. The Morgan fingerprint density at radius 2 is 2.13 bits per heavy atom. The summed E-state index contributed by atoms with van der Waals surface area (Å²) in [7, 11) is 0. The number of hydrogen-bond donors (Lipinski definition) is 2. The van der Waals surface area contributed by atoms with Gasteiger partial charge in [0.25, 0.3) is 0 Å². The molecule has 0 bridgehead atoms. The molecule has 1 aliphatic heterocycles. The van der Waals surface area contributed by atoms with Gasteiger partial charge in [0, 0.05) is 42.9 Å². The van der Waals surface area contributed by atoms with E-state index in [9.17, 15) is 9.59 Å². The molecule has 3 heterocycles. The molecule has 1 aliphatic rings. The highest BCUT2D eigenvalue weighted by Crippen LogP contribution is 2.36. The van der Waals surface area contributed by atoms with Crippen molar-refractivity contribution in [3.63, 3.8) is 0 Å². The van der Waals surface area contributed by atoms with Crippen LogP contribution in [-0.2, 0) is 9.59 Å². The Kier molecular flexibility index (Phi) is 5.78. The fourth-order valence-electron chi connectivity index (χ4n) is 3.78. The molecule has 156 valence electrons. The summed E-state index contributed by atoms with van der Waals surface area (Å²) in [6.45, 7) is 0.343. The first kappa shape index (κ1) is 20.4. The highest BCUT2D eigenvalue weighted by molar-refractivity contribution is 6.45. The molecule has 1 aromatic carbocycles. The lowest BCUT2D eigenvalue weighted by Crippen LogP contribution is -2.37. The minimum absolute atomic E-state index is 0.0858. The van der Waals surface area contributed by atoms with E-state index in [4.69, 9.17) is 33.3 Å². The van der Waals surface area contributed by atoms with E-state index in [1.165, 1.54) is 0 Å². The van der Waals surface area contributed by atoms with Crippen molar-refractivity contribution >= 4 is 51.8 Å². The van der Waals surface area contributed by atoms with Crippen molar-refractivity contribution in [1.29, 1.82) is 0 Å². The monoisotopic (exact) mass is 447 g/mol. The number of nitrogens with one attached hydrogen (secondary N) is 1. The molecule has 1 atom stereocenters. The number of carbonyl (C=O) groups is 2. The molecule has 1 unspecified atom stereocenters. The number of halogens is 2. The van der Waals surface area contributed by atoms with E-state index in [0.717, 1.165) is 30.5 Å². The molecule has 2 aromatic heterocycles. The van der Waals surface area contributed by atoms with Crippen LogP contribution in [0.4, 0.5) is 5.82 Å². The van der Waals surface area contributed by atoms with Crippen molar-refractivity contribution in [3.8, 4) is 5.69 Å². The van der Waals surface area contributed by atoms with E-state index in [-0.39, 0.29) is 18.4 Å². The Balaban J connectivity index is 1.72. The smallest absolute Gasteiger partial charge is 0.322 e. The van der Waals surface area contributed by atoms with Crippen LogP contribution in [0.25, 0.3) is 16.6 Å². The van der Waals surface area contributed by atoms with Crippen molar-refractivity contribution in [2.24, 2.45) is 0 Å². The van der Waals surface area contributed by atoms with Gasteiger partial charge < -0.3 is 19.9 Å². The molecule has 1 saturated heterocycles. The zero-order valence-electron chi connectivity index (χ0n) is 15.9. The van der Waals surface area contributed by atoms with Crippen LogP contribution in [0.3, 0.4) is 0 Å². The number of nitrogens with zero attached hydrogens (tertiary/aromatic N) is 4. The molecule has 30 heavy (non-hydrogen) atoms. The molecular weight excluding hydrogens is 429 g/mol. The van der Waals surface area contributed by atoms with Crippen LogP contribution in [-0.4, -0.2) is 50.6 Å². The van der Waals surface area contributed by atoms with Gasteiger partial charge in [-0.2, -0.15) is 0 Å². The van der Waals surface area contributed by atoms with Crippen LogP contribution < -0.4 is 10.2 Å². The molecule has 2 N–H and O–H groups in total. The normalized spacial score (nSPS) is 16.2. The number of carboxylic acids is 1. The molecule has 3 aromatic rings. The summed E-state index contributed by atoms with van der Waals surface area (Å²) in [6, 6.07) is 5.47. The lowest BCUT2D eigenvalue weighted by molar-refractivity contribution is -0.138. The first-order valence-corrected chi connectivity index (χ1v) is 10.2. The first-order valence-electron chi connectivity index (χ1n) is 9.46. The maximum atomic E-state index is 12.2. The van der Waals surface area contributed by atoms with E-state index in [1.54, 1.807) is 18.6 Å². The number of aliphatic carboxylic acids is 1. The van der Waals surface area contributed by atoms with Gasteiger partial charge in [0.2, 0.25) is 5.91 Å². The third-order valence-corrected chi connectivity index (χ3v) is 5.94. The van der Waals surface area contributed by atoms with E-state index >= 15 is 0 Å². The average molecular weight is 448 g/mol. The van der Waals surface area contributed by atoms with Crippen LogP contribution >= 0.6 is 23.2 Å². The summed E-state index contributed by atoms with van der Waals surface area (Å²) in [5.74, 6) is -0.686. The maximum absolute atomic E-state index is 12.2. The van der Waals surface area contributed by atoms with E-state index < -0.39 is 12.5 Å². The SMILES string of the molecule is O=C(O)CNC(=O)CC1CCCN1c1cc(-n2ccnc2)c2ccc(Cl)c(Cl)c2n1. The molecule has 1 fully saturated rings. The molecule has 1 amide bonds. The van der Waals surface area contributed by atoms with Gasteiger partial charge in [-0.1, -0.05) is 23.2 Å². The van der Waals surface area contributed by atoms with Gasteiger partial charge in [-0.3, -0.25) is 9.59 Å². The summed E-state index contributed by atoms with van der Waals surface area (Å²) in [5.41, 5.74) is 1.43. The van der Waals surface area contributed by atoms with Gasteiger partial charge in [0.15, 0.2) is 0 Å². The van der Waals surface area contributed by atoms with Crippen molar-refractivity contribution in [2.75, 3.05) is 18.0 Å². The maximum Gasteiger partial charge on any atom is 0.322 e. The number of amides is 1. The number of rotatable bonds is 6. The second-order valence-corrected chi connectivity index (χ2v) is 7.88. The predicted molar refractivity (Wildman–Crippen MR) is 115 cm³/mol. The number of imidazole rings is 1.